The van der Waals surface area contributed by atoms with Crippen molar-refractivity contribution in [3.05, 3.63) is 12.2 Å². The molecule has 136 valence electrons. The molecule has 5 fully saturated rings. The second kappa shape index (κ2) is 4.48. The van der Waals surface area contributed by atoms with Crippen LogP contribution in [0.2, 0.25) is 0 Å². The molecule has 1 spiro atoms. The third-order valence-electron chi connectivity index (χ3n) is 8.81. The number of fused-ring (bicyclic) bond motifs is 1. The van der Waals surface area contributed by atoms with E-state index in [1.165, 1.54) is 0 Å². The van der Waals surface area contributed by atoms with Crippen molar-refractivity contribution in [3.8, 4) is 0 Å². The Hall–Kier alpha value is -1.36. The van der Waals surface area contributed by atoms with E-state index in [2.05, 4.69) is 6.58 Å². The lowest BCUT2D eigenvalue weighted by Crippen LogP contribution is -2.58. The lowest BCUT2D eigenvalue weighted by Gasteiger charge is -2.55. The van der Waals surface area contributed by atoms with Crippen molar-refractivity contribution in [2.75, 3.05) is 6.61 Å². The van der Waals surface area contributed by atoms with Gasteiger partial charge in [-0.2, -0.15) is 0 Å². The molecule has 1 saturated heterocycles. The normalized spacial score (nSPS) is 56.2. The topological polar surface area (TPSA) is 83.8 Å². The van der Waals surface area contributed by atoms with Crippen LogP contribution >= 0.6 is 0 Å². The van der Waals surface area contributed by atoms with E-state index in [4.69, 9.17) is 4.74 Å². The number of hydrogen-bond acceptors (Lipinski definition) is 4. The Morgan fingerprint density at radius 2 is 2.08 bits per heavy atom. The number of carboxylic acids is 1. The molecular formula is C20H26O5. The highest BCUT2D eigenvalue weighted by molar-refractivity contribution is 5.82. The van der Waals surface area contributed by atoms with Gasteiger partial charge in [0.15, 0.2) is 0 Å². The molecule has 5 heteroatoms. The maximum absolute atomic E-state index is 12.7. The highest BCUT2D eigenvalue weighted by Crippen LogP contribution is 2.78. The van der Waals surface area contributed by atoms with E-state index in [1.807, 2.05) is 6.92 Å². The Labute approximate surface area is 147 Å². The van der Waals surface area contributed by atoms with Crippen molar-refractivity contribution >= 4 is 11.9 Å². The van der Waals surface area contributed by atoms with Gasteiger partial charge in [-0.15, -0.1) is 0 Å². The van der Waals surface area contributed by atoms with E-state index < -0.39 is 23.4 Å². The van der Waals surface area contributed by atoms with E-state index in [9.17, 15) is 19.8 Å². The number of ether oxygens (including phenoxy) is 1. The van der Waals surface area contributed by atoms with Crippen LogP contribution in [0.4, 0.5) is 0 Å². The van der Waals surface area contributed by atoms with Gasteiger partial charge in [-0.1, -0.05) is 18.6 Å². The zero-order valence-electron chi connectivity index (χ0n) is 14.7. The Morgan fingerprint density at radius 1 is 1.32 bits per heavy atom. The molecule has 0 aromatic heterocycles. The molecular weight excluding hydrogens is 320 g/mol. The van der Waals surface area contributed by atoms with Crippen LogP contribution in [-0.2, 0) is 14.3 Å². The molecule has 5 aliphatic rings. The molecule has 5 nitrogen and oxygen atoms in total. The summed E-state index contributed by atoms with van der Waals surface area (Å²) in [4.78, 5) is 25.2. The minimum Gasteiger partial charge on any atom is -0.481 e. The van der Waals surface area contributed by atoms with Crippen LogP contribution < -0.4 is 0 Å². The van der Waals surface area contributed by atoms with Gasteiger partial charge in [-0.25, -0.2) is 0 Å². The van der Waals surface area contributed by atoms with Gasteiger partial charge in [0.1, 0.15) is 0 Å². The van der Waals surface area contributed by atoms with Gasteiger partial charge in [0.25, 0.3) is 0 Å². The Kier molecular flexibility index (Phi) is 2.84. The van der Waals surface area contributed by atoms with Gasteiger partial charge in [-0.05, 0) is 56.3 Å². The summed E-state index contributed by atoms with van der Waals surface area (Å²) in [6.07, 6.45) is 4.11. The van der Waals surface area contributed by atoms with Gasteiger partial charge >= 0.3 is 11.9 Å². The maximum Gasteiger partial charge on any atom is 0.312 e. The number of carbonyl (C=O) groups excluding carboxylic acids is 1. The Morgan fingerprint density at radius 3 is 2.80 bits per heavy atom. The standard InChI is InChI=1S/C20H26O5/c1-10-7-20-8-11(10)12(21)6-13(20)19-5-3-4-18(2,17(24)25-9-19)15(19)14(20)16(22)23/h11-15,21H,1,3-9H2,2H3,(H,22,23)/t11-,12+,13+,14-,15-,18-,19-,20+/m1/s1. The molecule has 0 aromatic carbocycles. The van der Waals surface area contributed by atoms with Crippen LogP contribution in [0.25, 0.3) is 0 Å². The van der Waals surface area contributed by atoms with Crippen molar-refractivity contribution in [3.63, 3.8) is 0 Å². The first-order chi connectivity index (χ1) is 11.8. The van der Waals surface area contributed by atoms with Crippen molar-refractivity contribution in [2.45, 2.75) is 51.6 Å². The minimum absolute atomic E-state index is 0.0129. The summed E-state index contributed by atoms with van der Waals surface area (Å²) in [7, 11) is 0. The number of rotatable bonds is 1. The van der Waals surface area contributed by atoms with Gasteiger partial charge in [0.2, 0.25) is 0 Å². The first kappa shape index (κ1) is 15.9. The van der Waals surface area contributed by atoms with Crippen molar-refractivity contribution in [2.24, 2.45) is 39.9 Å². The van der Waals surface area contributed by atoms with Crippen molar-refractivity contribution < 1.29 is 24.5 Å². The van der Waals surface area contributed by atoms with E-state index in [-0.39, 0.29) is 34.6 Å². The van der Waals surface area contributed by atoms with E-state index in [0.717, 1.165) is 18.4 Å². The van der Waals surface area contributed by atoms with Crippen molar-refractivity contribution in [1.82, 2.24) is 0 Å². The van der Waals surface area contributed by atoms with Crippen LogP contribution in [0.3, 0.4) is 0 Å². The summed E-state index contributed by atoms with van der Waals surface area (Å²) in [5, 5.41) is 21.0. The molecule has 1 aliphatic heterocycles. The summed E-state index contributed by atoms with van der Waals surface area (Å²) >= 11 is 0. The van der Waals surface area contributed by atoms with E-state index >= 15 is 0 Å². The number of aliphatic hydroxyl groups is 1. The van der Waals surface area contributed by atoms with Crippen LogP contribution in [0.15, 0.2) is 12.2 Å². The highest BCUT2D eigenvalue weighted by atomic mass is 16.5. The molecule has 0 aromatic rings. The number of aliphatic carboxylic acids is 1. The molecule has 4 bridgehead atoms. The van der Waals surface area contributed by atoms with Gasteiger partial charge < -0.3 is 14.9 Å². The summed E-state index contributed by atoms with van der Waals surface area (Å²) in [6, 6.07) is 0. The zero-order valence-corrected chi connectivity index (χ0v) is 14.7. The number of carboxylic acid groups (broad SMARTS) is 1. The van der Waals surface area contributed by atoms with Gasteiger partial charge in [0.05, 0.1) is 24.0 Å². The number of carbonyl (C=O) groups is 2. The summed E-state index contributed by atoms with van der Waals surface area (Å²) in [5.41, 5.74) is -0.364. The SMILES string of the molecule is C=C1C[C@]23C[C@H]1[C@@H](O)C[C@H]2[C@@]12CCC[C@@](C)(C(=O)OC1)[C@H]2[C@@H]3C(=O)O. The fraction of sp³-hybridized carbons (Fsp3) is 0.800. The highest BCUT2D eigenvalue weighted by Gasteiger charge is 2.79. The smallest absolute Gasteiger partial charge is 0.312 e. The lowest BCUT2D eigenvalue weighted by atomic mass is 9.51. The number of aliphatic hydroxyl groups excluding tert-OH is 1. The van der Waals surface area contributed by atoms with Crippen LogP contribution in [-0.4, -0.2) is 34.9 Å². The van der Waals surface area contributed by atoms with Crippen LogP contribution in [0.5, 0.6) is 0 Å². The van der Waals surface area contributed by atoms with Crippen LogP contribution in [0, 0.1) is 39.9 Å². The van der Waals surface area contributed by atoms with Crippen LogP contribution in [0.1, 0.15) is 45.4 Å². The molecule has 1 heterocycles. The fourth-order valence-electron chi connectivity index (χ4n) is 8.15. The number of cyclic esters (lactones) is 1. The molecule has 25 heavy (non-hydrogen) atoms. The average Bonchev–Trinajstić information content (AvgIpc) is 2.97. The third-order valence-corrected chi connectivity index (χ3v) is 8.81. The second-order valence-corrected chi connectivity index (χ2v) is 9.61. The molecule has 4 saturated carbocycles. The first-order valence-corrected chi connectivity index (χ1v) is 9.52. The zero-order chi connectivity index (χ0) is 17.8. The summed E-state index contributed by atoms with van der Waals surface area (Å²) < 4.78 is 5.66. The monoisotopic (exact) mass is 346 g/mol. The predicted octanol–water partition coefficient (Wildman–Crippen LogP) is 2.38. The molecule has 0 unspecified atom stereocenters. The number of esters is 1. The molecule has 2 N–H and O–H groups in total. The number of hydrogen-bond donors (Lipinski definition) is 2. The maximum atomic E-state index is 12.7. The van der Waals surface area contributed by atoms with Gasteiger partial charge in [-0.3, -0.25) is 9.59 Å². The van der Waals surface area contributed by atoms with Crippen molar-refractivity contribution in [1.29, 1.82) is 0 Å². The third kappa shape index (κ3) is 1.56. The van der Waals surface area contributed by atoms with Gasteiger partial charge in [0, 0.05) is 11.3 Å². The quantitative estimate of drug-likeness (QED) is 0.563. The fourth-order valence-corrected chi connectivity index (χ4v) is 8.15. The van der Waals surface area contributed by atoms with E-state index in [0.29, 0.717) is 32.3 Å². The summed E-state index contributed by atoms with van der Waals surface area (Å²) in [6.45, 7) is 6.43. The molecule has 5 rings (SSSR count). The first-order valence-electron chi connectivity index (χ1n) is 9.52. The largest absolute Gasteiger partial charge is 0.481 e. The molecule has 0 amide bonds. The molecule has 8 atom stereocenters. The lowest BCUT2D eigenvalue weighted by molar-refractivity contribution is -0.201. The Bertz CT molecular complexity index is 700. The molecule has 4 aliphatic carbocycles. The average molecular weight is 346 g/mol. The Balaban J connectivity index is 1.75. The second-order valence-electron chi connectivity index (χ2n) is 9.61. The predicted molar refractivity (Wildman–Crippen MR) is 88.4 cm³/mol. The summed E-state index contributed by atoms with van der Waals surface area (Å²) in [5.74, 6) is -1.60. The van der Waals surface area contributed by atoms with E-state index in [1.54, 1.807) is 0 Å². The minimum atomic E-state index is -0.774. The molecule has 0 radical (unpaired) electrons.